The van der Waals surface area contributed by atoms with Crippen LogP contribution in [0.2, 0.25) is 0 Å². The number of ether oxygens (including phenoxy) is 1. The molecule has 25 heavy (non-hydrogen) atoms. The lowest BCUT2D eigenvalue weighted by Gasteiger charge is -2.13. The molecule has 1 heterocycles. The van der Waals surface area contributed by atoms with E-state index < -0.39 is 0 Å². The van der Waals surface area contributed by atoms with Gasteiger partial charge in [0.1, 0.15) is 5.75 Å². The van der Waals surface area contributed by atoms with Crippen molar-refractivity contribution in [3.8, 4) is 5.75 Å². The van der Waals surface area contributed by atoms with Gasteiger partial charge < -0.3 is 4.74 Å². The van der Waals surface area contributed by atoms with Crippen LogP contribution >= 0.6 is 0 Å². The van der Waals surface area contributed by atoms with Crippen molar-refractivity contribution < 1.29 is 14.3 Å². The van der Waals surface area contributed by atoms with Gasteiger partial charge in [0.05, 0.1) is 19.2 Å². The van der Waals surface area contributed by atoms with Crippen molar-refractivity contribution in [2.75, 3.05) is 12.0 Å². The summed E-state index contributed by atoms with van der Waals surface area (Å²) in [7, 11) is 1.58. The summed E-state index contributed by atoms with van der Waals surface area (Å²) in [4.78, 5) is 26.2. The van der Waals surface area contributed by atoms with Gasteiger partial charge in [0.15, 0.2) is 0 Å². The van der Waals surface area contributed by atoms with Crippen molar-refractivity contribution in [2.24, 2.45) is 0 Å². The first kappa shape index (κ1) is 17.0. The van der Waals surface area contributed by atoms with Crippen LogP contribution in [-0.4, -0.2) is 18.9 Å². The Bertz CT molecular complexity index is 817. The monoisotopic (exact) mass is 335 g/mol. The zero-order chi connectivity index (χ0) is 18.0. The quantitative estimate of drug-likeness (QED) is 0.622. The number of carbonyl (C=O) groups is 2. The molecule has 2 aromatic carbocycles. The summed E-state index contributed by atoms with van der Waals surface area (Å²) in [6.45, 7) is 4.28. The molecule has 0 atom stereocenters. The molecule has 2 amide bonds. The first-order valence-electron chi connectivity index (χ1n) is 8.31. The molecule has 1 saturated heterocycles. The van der Waals surface area contributed by atoms with Crippen molar-refractivity contribution in [1.29, 1.82) is 0 Å². The smallest absolute Gasteiger partial charge is 0.261 e. The molecule has 0 radical (unpaired) electrons. The minimum absolute atomic E-state index is 0.122. The van der Waals surface area contributed by atoms with Gasteiger partial charge in [0.25, 0.3) is 5.91 Å². The Kier molecular flexibility index (Phi) is 4.70. The van der Waals surface area contributed by atoms with Crippen molar-refractivity contribution >= 4 is 23.6 Å². The molecule has 1 aliphatic heterocycles. The van der Waals surface area contributed by atoms with Crippen LogP contribution in [0.25, 0.3) is 6.08 Å². The largest absolute Gasteiger partial charge is 0.497 e. The van der Waals surface area contributed by atoms with E-state index in [1.54, 1.807) is 37.5 Å². The van der Waals surface area contributed by atoms with Crippen molar-refractivity contribution in [1.82, 2.24) is 0 Å². The van der Waals surface area contributed by atoms with Gasteiger partial charge in [-0.15, -0.1) is 0 Å². The van der Waals surface area contributed by atoms with E-state index >= 15 is 0 Å². The standard InChI is InChI=1S/C21H21NO3/c1-14(2)16-6-4-15(5-7-16)12-17-13-20(23)22(21(17)24)18-8-10-19(25-3)11-9-18/h4-12,14H,13H2,1-3H3. The molecule has 0 unspecified atom stereocenters. The fraction of sp³-hybridized carbons (Fsp3) is 0.238. The topological polar surface area (TPSA) is 46.6 Å². The van der Waals surface area contributed by atoms with Crippen LogP contribution in [0.15, 0.2) is 54.1 Å². The van der Waals surface area contributed by atoms with E-state index in [4.69, 9.17) is 4.74 Å². The molecule has 2 aromatic rings. The molecule has 0 aromatic heterocycles. The molecule has 1 fully saturated rings. The minimum Gasteiger partial charge on any atom is -0.497 e. The van der Waals surface area contributed by atoms with E-state index in [0.29, 0.717) is 22.9 Å². The van der Waals surface area contributed by atoms with Crippen LogP contribution in [0.3, 0.4) is 0 Å². The highest BCUT2D eigenvalue weighted by molar-refractivity contribution is 6.29. The first-order valence-corrected chi connectivity index (χ1v) is 8.31. The van der Waals surface area contributed by atoms with Gasteiger partial charge in [-0.05, 0) is 47.4 Å². The Labute approximate surface area is 147 Å². The second-order valence-electron chi connectivity index (χ2n) is 6.40. The van der Waals surface area contributed by atoms with E-state index in [9.17, 15) is 9.59 Å². The summed E-state index contributed by atoms with van der Waals surface area (Å²) in [6, 6.07) is 15.0. The summed E-state index contributed by atoms with van der Waals surface area (Å²) >= 11 is 0. The van der Waals surface area contributed by atoms with E-state index in [-0.39, 0.29) is 18.2 Å². The Balaban J connectivity index is 1.84. The summed E-state index contributed by atoms with van der Waals surface area (Å²) < 4.78 is 5.11. The van der Waals surface area contributed by atoms with E-state index in [2.05, 4.69) is 26.0 Å². The first-order chi connectivity index (χ1) is 12.0. The average Bonchev–Trinajstić information content (AvgIpc) is 2.89. The normalized spacial score (nSPS) is 16.2. The number of carbonyl (C=O) groups excluding carboxylic acids is 2. The molecule has 3 rings (SSSR count). The van der Waals surface area contributed by atoms with Gasteiger partial charge in [0.2, 0.25) is 5.91 Å². The predicted molar refractivity (Wildman–Crippen MR) is 98.6 cm³/mol. The van der Waals surface area contributed by atoms with Crippen LogP contribution in [0, 0.1) is 0 Å². The Morgan fingerprint density at radius 1 is 1.00 bits per heavy atom. The molecular weight excluding hydrogens is 314 g/mol. The highest BCUT2D eigenvalue weighted by Gasteiger charge is 2.34. The summed E-state index contributed by atoms with van der Waals surface area (Å²) in [5.41, 5.74) is 3.25. The lowest BCUT2D eigenvalue weighted by molar-refractivity contribution is -0.120. The average molecular weight is 335 g/mol. The number of rotatable bonds is 4. The van der Waals surface area contributed by atoms with Crippen LogP contribution < -0.4 is 9.64 Å². The lowest BCUT2D eigenvalue weighted by atomic mass is 10.0. The van der Waals surface area contributed by atoms with Crippen LogP contribution in [0.5, 0.6) is 5.75 Å². The van der Waals surface area contributed by atoms with Gasteiger partial charge in [-0.1, -0.05) is 38.1 Å². The number of anilines is 1. The molecule has 0 N–H and O–H groups in total. The number of amides is 2. The Hall–Kier alpha value is -2.88. The zero-order valence-electron chi connectivity index (χ0n) is 14.7. The van der Waals surface area contributed by atoms with Crippen LogP contribution in [0.1, 0.15) is 37.3 Å². The molecule has 0 spiro atoms. The molecule has 0 bridgehead atoms. The van der Waals surface area contributed by atoms with E-state index in [1.165, 1.54) is 10.5 Å². The van der Waals surface area contributed by atoms with Gasteiger partial charge in [0, 0.05) is 5.57 Å². The van der Waals surface area contributed by atoms with E-state index in [1.807, 2.05) is 12.1 Å². The second-order valence-corrected chi connectivity index (χ2v) is 6.40. The Morgan fingerprint density at radius 3 is 2.20 bits per heavy atom. The van der Waals surface area contributed by atoms with Gasteiger partial charge in [-0.3, -0.25) is 9.59 Å². The number of nitrogens with zero attached hydrogens (tertiary/aromatic N) is 1. The highest BCUT2D eigenvalue weighted by Crippen LogP contribution is 2.29. The van der Waals surface area contributed by atoms with Crippen molar-refractivity contribution in [3.05, 3.63) is 65.2 Å². The maximum atomic E-state index is 12.7. The fourth-order valence-corrected chi connectivity index (χ4v) is 2.86. The summed E-state index contributed by atoms with van der Waals surface area (Å²) in [5, 5.41) is 0. The van der Waals surface area contributed by atoms with E-state index in [0.717, 1.165) is 5.56 Å². The molecule has 0 saturated carbocycles. The number of imide groups is 1. The molecular formula is C21H21NO3. The van der Waals surface area contributed by atoms with Crippen molar-refractivity contribution in [3.63, 3.8) is 0 Å². The number of hydrogen-bond donors (Lipinski definition) is 0. The summed E-state index contributed by atoms with van der Waals surface area (Å²) in [6.07, 6.45) is 1.92. The van der Waals surface area contributed by atoms with Gasteiger partial charge in [-0.2, -0.15) is 0 Å². The molecule has 4 heteroatoms. The third kappa shape index (κ3) is 3.48. The number of benzene rings is 2. The minimum atomic E-state index is -0.261. The maximum Gasteiger partial charge on any atom is 0.261 e. The third-order valence-electron chi connectivity index (χ3n) is 4.34. The lowest BCUT2D eigenvalue weighted by Crippen LogP contribution is -2.28. The molecule has 1 aliphatic rings. The highest BCUT2D eigenvalue weighted by atomic mass is 16.5. The molecule has 128 valence electrons. The molecule has 0 aliphatic carbocycles. The number of hydrogen-bond acceptors (Lipinski definition) is 3. The SMILES string of the molecule is COc1ccc(N2C(=O)CC(=Cc3ccc(C(C)C)cc3)C2=O)cc1. The fourth-order valence-electron chi connectivity index (χ4n) is 2.86. The van der Waals surface area contributed by atoms with Crippen molar-refractivity contribution in [2.45, 2.75) is 26.2 Å². The maximum absolute atomic E-state index is 12.7. The second kappa shape index (κ2) is 6.93. The van der Waals surface area contributed by atoms with Crippen LogP contribution in [0.4, 0.5) is 5.69 Å². The van der Waals surface area contributed by atoms with Crippen LogP contribution in [-0.2, 0) is 9.59 Å². The number of methoxy groups -OCH3 is 1. The molecule has 4 nitrogen and oxygen atoms in total. The summed E-state index contributed by atoms with van der Waals surface area (Å²) in [5.74, 6) is 0.675. The Morgan fingerprint density at radius 2 is 1.64 bits per heavy atom. The third-order valence-corrected chi connectivity index (χ3v) is 4.34. The predicted octanol–water partition coefficient (Wildman–Crippen LogP) is 4.17. The van der Waals surface area contributed by atoms with Gasteiger partial charge in [-0.25, -0.2) is 4.90 Å². The van der Waals surface area contributed by atoms with Gasteiger partial charge >= 0.3 is 0 Å². The zero-order valence-corrected chi connectivity index (χ0v) is 14.7.